The summed E-state index contributed by atoms with van der Waals surface area (Å²) in [4.78, 5) is 16.0. The number of carbonyl (C=O) groups excluding carboxylic acids is 1. The van der Waals surface area contributed by atoms with Crippen LogP contribution in [0.15, 0.2) is 77.7 Å². The molecule has 0 atom stereocenters. The van der Waals surface area contributed by atoms with Crippen molar-refractivity contribution >= 4 is 23.4 Å². The summed E-state index contributed by atoms with van der Waals surface area (Å²) in [7, 11) is 0. The van der Waals surface area contributed by atoms with Crippen LogP contribution in [0.5, 0.6) is 0 Å². The number of hydrogen-bond donors (Lipinski definition) is 1. The van der Waals surface area contributed by atoms with Gasteiger partial charge in [-0.25, -0.2) is 0 Å². The first-order valence-corrected chi connectivity index (χ1v) is 11.5. The summed E-state index contributed by atoms with van der Waals surface area (Å²) in [6, 6.07) is 24.9. The van der Waals surface area contributed by atoms with Crippen LogP contribution in [-0.4, -0.2) is 19.0 Å². The van der Waals surface area contributed by atoms with Gasteiger partial charge in [0.1, 0.15) is 0 Å². The molecular weight excluding hydrogens is 388 g/mol. The van der Waals surface area contributed by atoms with Crippen LogP contribution in [0.2, 0.25) is 0 Å². The number of aryl methyl sites for hydroxylation is 1. The standard InChI is InChI=1S/C26H30N2OS/c1-4-28(5-2)24-14-10-21(11-15-24)18-27-26(29)23-12-8-22(9-13-23)19-30-25-16-6-20(3)7-17-25/h6-17H,4-5,18-19H2,1-3H3,(H,27,29). The van der Waals surface area contributed by atoms with Crippen molar-refractivity contribution in [3.8, 4) is 0 Å². The van der Waals surface area contributed by atoms with Crippen molar-refractivity contribution in [3.63, 3.8) is 0 Å². The predicted molar refractivity (Wildman–Crippen MR) is 128 cm³/mol. The molecule has 0 spiro atoms. The van der Waals surface area contributed by atoms with Gasteiger partial charge in [0.25, 0.3) is 5.91 Å². The summed E-state index contributed by atoms with van der Waals surface area (Å²) in [5.41, 5.74) is 5.50. The Bertz CT molecular complexity index is 930. The summed E-state index contributed by atoms with van der Waals surface area (Å²) in [5, 5.41) is 3.02. The number of carbonyl (C=O) groups is 1. The maximum atomic E-state index is 12.5. The summed E-state index contributed by atoms with van der Waals surface area (Å²) in [6.07, 6.45) is 0. The molecule has 0 heterocycles. The van der Waals surface area contributed by atoms with Crippen LogP contribution in [-0.2, 0) is 12.3 Å². The molecule has 0 aliphatic rings. The Morgan fingerprint density at radius 2 is 1.43 bits per heavy atom. The highest BCUT2D eigenvalue weighted by molar-refractivity contribution is 7.98. The van der Waals surface area contributed by atoms with Crippen molar-refractivity contribution in [1.29, 1.82) is 0 Å². The van der Waals surface area contributed by atoms with Crippen molar-refractivity contribution in [1.82, 2.24) is 5.32 Å². The molecule has 0 bridgehead atoms. The molecule has 0 unspecified atom stereocenters. The molecule has 30 heavy (non-hydrogen) atoms. The van der Waals surface area contributed by atoms with Gasteiger partial charge in [-0.1, -0.05) is 42.0 Å². The van der Waals surface area contributed by atoms with Crippen LogP contribution >= 0.6 is 11.8 Å². The summed E-state index contributed by atoms with van der Waals surface area (Å²) >= 11 is 1.81. The van der Waals surface area contributed by atoms with E-state index in [-0.39, 0.29) is 5.91 Å². The number of nitrogens with zero attached hydrogens (tertiary/aromatic N) is 1. The van der Waals surface area contributed by atoms with Gasteiger partial charge < -0.3 is 10.2 Å². The lowest BCUT2D eigenvalue weighted by molar-refractivity contribution is 0.0951. The van der Waals surface area contributed by atoms with Gasteiger partial charge in [0.2, 0.25) is 0 Å². The molecule has 0 radical (unpaired) electrons. The third-order valence-corrected chi connectivity index (χ3v) is 6.24. The van der Waals surface area contributed by atoms with Gasteiger partial charge in [-0.15, -0.1) is 11.8 Å². The number of benzene rings is 3. The molecule has 0 saturated heterocycles. The average molecular weight is 419 g/mol. The lowest BCUT2D eigenvalue weighted by Gasteiger charge is -2.21. The number of nitrogens with one attached hydrogen (secondary N) is 1. The second-order valence-electron chi connectivity index (χ2n) is 7.32. The fraction of sp³-hybridized carbons (Fsp3) is 0.269. The highest BCUT2D eigenvalue weighted by Gasteiger charge is 2.07. The summed E-state index contributed by atoms with van der Waals surface area (Å²) in [5.74, 6) is 0.852. The number of hydrogen-bond acceptors (Lipinski definition) is 3. The highest BCUT2D eigenvalue weighted by Crippen LogP contribution is 2.23. The van der Waals surface area contributed by atoms with Crippen LogP contribution in [0.1, 0.15) is 40.9 Å². The summed E-state index contributed by atoms with van der Waals surface area (Å²) < 4.78 is 0. The van der Waals surface area contributed by atoms with Crippen molar-refractivity contribution in [2.45, 2.75) is 38.0 Å². The molecule has 0 aromatic heterocycles. The van der Waals surface area contributed by atoms with E-state index in [1.54, 1.807) is 11.8 Å². The number of amides is 1. The molecule has 0 fully saturated rings. The van der Waals surface area contributed by atoms with E-state index in [1.807, 2.05) is 24.3 Å². The Kier molecular flexibility index (Phi) is 7.97. The third kappa shape index (κ3) is 6.14. The molecule has 3 rings (SSSR count). The average Bonchev–Trinajstić information content (AvgIpc) is 2.79. The Hall–Kier alpha value is -2.72. The molecule has 3 aromatic carbocycles. The maximum absolute atomic E-state index is 12.5. The van der Waals surface area contributed by atoms with Crippen molar-refractivity contribution in [2.75, 3.05) is 18.0 Å². The van der Waals surface area contributed by atoms with Gasteiger partial charge >= 0.3 is 0 Å². The van der Waals surface area contributed by atoms with Crippen LogP contribution in [0.3, 0.4) is 0 Å². The van der Waals surface area contributed by atoms with Crippen LogP contribution in [0, 0.1) is 6.92 Å². The molecule has 0 saturated carbocycles. The zero-order chi connectivity index (χ0) is 21.3. The first-order valence-electron chi connectivity index (χ1n) is 10.5. The van der Waals surface area contributed by atoms with E-state index in [1.165, 1.54) is 21.7 Å². The Morgan fingerprint density at radius 1 is 0.833 bits per heavy atom. The van der Waals surface area contributed by atoms with E-state index in [2.05, 4.69) is 79.5 Å². The highest BCUT2D eigenvalue weighted by atomic mass is 32.2. The zero-order valence-electron chi connectivity index (χ0n) is 18.0. The fourth-order valence-electron chi connectivity index (χ4n) is 3.25. The zero-order valence-corrected chi connectivity index (χ0v) is 18.8. The smallest absolute Gasteiger partial charge is 0.251 e. The maximum Gasteiger partial charge on any atom is 0.251 e. The molecular formula is C26H30N2OS. The van der Waals surface area contributed by atoms with Crippen molar-refractivity contribution in [3.05, 3.63) is 95.1 Å². The van der Waals surface area contributed by atoms with Crippen molar-refractivity contribution < 1.29 is 4.79 Å². The first-order chi connectivity index (χ1) is 14.6. The molecule has 0 aliphatic carbocycles. The fourth-order valence-corrected chi connectivity index (χ4v) is 4.11. The second kappa shape index (κ2) is 10.9. The van der Waals surface area contributed by atoms with Gasteiger partial charge in [-0.3, -0.25) is 4.79 Å². The normalized spacial score (nSPS) is 10.6. The van der Waals surface area contributed by atoms with Crippen LogP contribution < -0.4 is 10.2 Å². The molecule has 0 aliphatic heterocycles. The number of rotatable bonds is 9. The van der Waals surface area contributed by atoms with Gasteiger partial charge in [-0.05, 0) is 68.3 Å². The van der Waals surface area contributed by atoms with E-state index in [9.17, 15) is 4.79 Å². The Morgan fingerprint density at radius 3 is 2.03 bits per heavy atom. The minimum Gasteiger partial charge on any atom is -0.372 e. The minimum atomic E-state index is -0.0412. The first kappa shape index (κ1) is 22.0. The molecule has 1 N–H and O–H groups in total. The molecule has 156 valence electrons. The predicted octanol–water partition coefficient (Wildman–Crippen LogP) is 6.06. The van der Waals surface area contributed by atoms with E-state index in [4.69, 9.17) is 0 Å². The van der Waals surface area contributed by atoms with Gasteiger partial charge in [0, 0.05) is 41.5 Å². The molecule has 3 nitrogen and oxygen atoms in total. The Balaban J connectivity index is 1.50. The van der Waals surface area contributed by atoms with E-state index in [0.717, 1.165) is 24.4 Å². The topological polar surface area (TPSA) is 32.3 Å². The molecule has 3 aromatic rings. The molecule has 4 heteroatoms. The minimum absolute atomic E-state index is 0.0412. The lowest BCUT2D eigenvalue weighted by Crippen LogP contribution is -2.23. The third-order valence-electron chi connectivity index (χ3n) is 5.16. The van der Waals surface area contributed by atoms with Crippen molar-refractivity contribution in [2.24, 2.45) is 0 Å². The van der Waals surface area contributed by atoms with Crippen LogP contribution in [0.25, 0.3) is 0 Å². The number of anilines is 1. The monoisotopic (exact) mass is 418 g/mol. The quantitative estimate of drug-likeness (QED) is 0.429. The summed E-state index contributed by atoms with van der Waals surface area (Å²) in [6.45, 7) is 8.92. The largest absolute Gasteiger partial charge is 0.372 e. The van der Waals surface area contributed by atoms with Crippen LogP contribution in [0.4, 0.5) is 5.69 Å². The van der Waals surface area contributed by atoms with Gasteiger partial charge in [0.15, 0.2) is 0 Å². The van der Waals surface area contributed by atoms with E-state index < -0.39 is 0 Å². The van der Waals surface area contributed by atoms with E-state index in [0.29, 0.717) is 12.1 Å². The SMILES string of the molecule is CCN(CC)c1ccc(CNC(=O)c2ccc(CSc3ccc(C)cc3)cc2)cc1. The number of thioether (sulfide) groups is 1. The Labute approximate surface area is 184 Å². The lowest BCUT2D eigenvalue weighted by atomic mass is 10.1. The molecule has 1 amide bonds. The second-order valence-corrected chi connectivity index (χ2v) is 8.37. The van der Waals surface area contributed by atoms with E-state index >= 15 is 0 Å². The van der Waals surface area contributed by atoms with Gasteiger partial charge in [0.05, 0.1) is 0 Å². The van der Waals surface area contributed by atoms with Gasteiger partial charge in [-0.2, -0.15) is 0 Å².